The first kappa shape index (κ1) is 38.8. The lowest BCUT2D eigenvalue weighted by molar-refractivity contribution is -0.168. The Bertz CT molecular complexity index is 1120. The molecule has 0 saturated heterocycles. The number of nitrogens with zero attached hydrogens (tertiary/aromatic N) is 2. The third-order valence-electron chi connectivity index (χ3n) is 14.9. The Morgan fingerprint density at radius 1 is 0.776 bits per heavy atom. The molecular weight excluding hydrogens is 601 g/mol. The summed E-state index contributed by atoms with van der Waals surface area (Å²) >= 11 is 0. The predicted molar refractivity (Wildman–Crippen MR) is 205 cm³/mol. The Morgan fingerprint density at radius 2 is 1.45 bits per heavy atom. The van der Waals surface area contributed by atoms with Crippen molar-refractivity contribution in [1.29, 1.82) is 0 Å². The first-order valence-corrected chi connectivity index (χ1v) is 21.6. The van der Waals surface area contributed by atoms with Gasteiger partial charge in [0.15, 0.2) is 5.66 Å². The minimum atomic E-state index is -0.121. The van der Waals surface area contributed by atoms with Gasteiger partial charge in [-0.1, -0.05) is 117 Å². The molecule has 0 aromatic heterocycles. The van der Waals surface area contributed by atoms with Gasteiger partial charge >= 0.3 is 5.97 Å². The van der Waals surface area contributed by atoms with E-state index in [0.717, 1.165) is 68.1 Å². The van der Waals surface area contributed by atoms with Gasteiger partial charge in [-0.2, -0.15) is 10.2 Å². The molecule has 0 unspecified atom stereocenters. The second kappa shape index (κ2) is 17.9. The minimum Gasteiger partial charge on any atom is -0.462 e. The monoisotopic (exact) mass is 677 g/mol. The molecule has 1 heterocycles. The molecule has 4 nitrogen and oxygen atoms in total. The maximum atomic E-state index is 12.9. The van der Waals surface area contributed by atoms with Crippen LogP contribution in [0.1, 0.15) is 189 Å². The standard InChI is InChI=1S/C45H76N2O2/c1-7-8-9-10-11-12-13-14-15-16-17-18-19-20-21-25-41(48)49-37-28-30-43(5)36(32-37)33-45(46-47-45)42-39-27-26-38(35(4)24-22-23-34(2)3)44(39,6)31-29-40(42)43/h11-12,14-15,34-40,42H,7-10,13,16-33H2,1-6H3/b12-11-,15-14-/t35-,36-,37+,38-,39+,40+,42+,43+,44-/m1/s1. The third kappa shape index (κ3) is 9.51. The molecule has 0 N–H and O–H groups in total. The van der Waals surface area contributed by atoms with Crippen molar-refractivity contribution in [2.24, 2.45) is 62.5 Å². The molecule has 4 saturated carbocycles. The van der Waals surface area contributed by atoms with Gasteiger partial charge in [-0.25, -0.2) is 0 Å². The smallest absolute Gasteiger partial charge is 0.306 e. The van der Waals surface area contributed by atoms with Crippen LogP contribution >= 0.6 is 0 Å². The van der Waals surface area contributed by atoms with Gasteiger partial charge in [0.05, 0.1) is 0 Å². The van der Waals surface area contributed by atoms with E-state index in [1.54, 1.807) is 0 Å². The Balaban J connectivity index is 1.01. The second-order valence-electron chi connectivity index (χ2n) is 18.6. The van der Waals surface area contributed by atoms with Gasteiger partial charge in [0.2, 0.25) is 0 Å². The summed E-state index contributed by atoms with van der Waals surface area (Å²) in [5, 5.41) is 9.86. The van der Waals surface area contributed by atoms with E-state index >= 15 is 0 Å². The van der Waals surface area contributed by atoms with Crippen molar-refractivity contribution >= 4 is 5.97 Å². The second-order valence-corrected chi connectivity index (χ2v) is 18.6. The number of fused-ring (bicyclic) bond motifs is 6. The van der Waals surface area contributed by atoms with E-state index in [-0.39, 0.29) is 17.7 Å². The van der Waals surface area contributed by atoms with Gasteiger partial charge in [0, 0.05) is 18.8 Å². The molecule has 5 rings (SSSR count). The quantitative estimate of drug-likeness (QED) is 0.0732. The maximum absolute atomic E-state index is 12.9. The fourth-order valence-electron chi connectivity index (χ4n) is 11.9. The van der Waals surface area contributed by atoms with Crippen LogP contribution in [-0.2, 0) is 9.53 Å². The number of carbonyl (C=O) groups excluding carboxylic acids is 1. The summed E-state index contributed by atoms with van der Waals surface area (Å²) in [6.45, 7) is 14.9. The number of hydrogen-bond donors (Lipinski definition) is 0. The van der Waals surface area contributed by atoms with Crippen molar-refractivity contribution in [2.45, 2.75) is 201 Å². The Labute approximate surface area is 302 Å². The van der Waals surface area contributed by atoms with Gasteiger partial charge < -0.3 is 4.74 Å². The van der Waals surface area contributed by atoms with Crippen LogP contribution in [0.4, 0.5) is 0 Å². The number of esters is 1. The van der Waals surface area contributed by atoms with Crippen LogP contribution in [0.25, 0.3) is 0 Å². The molecule has 1 aliphatic heterocycles. The van der Waals surface area contributed by atoms with Gasteiger partial charge in [-0.15, -0.1) is 0 Å². The molecule has 4 fully saturated rings. The van der Waals surface area contributed by atoms with E-state index in [0.29, 0.717) is 29.1 Å². The Hall–Kier alpha value is -1.45. The van der Waals surface area contributed by atoms with Crippen LogP contribution < -0.4 is 0 Å². The van der Waals surface area contributed by atoms with E-state index < -0.39 is 0 Å². The molecule has 4 heteroatoms. The number of rotatable bonds is 20. The van der Waals surface area contributed by atoms with Crippen LogP contribution in [0, 0.1) is 52.3 Å². The van der Waals surface area contributed by atoms with Gasteiger partial charge in [-0.05, 0) is 130 Å². The molecule has 4 aliphatic carbocycles. The summed E-state index contributed by atoms with van der Waals surface area (Å²) in [5.74, 6) is 5.25. The Kier molecular flexibility index (Phi) is 14.1. The predicted octanol–water partition coefficient (Wildman–Crippen LogP) is 13.6. The number of hydrogen-bond acceptors (Lipinski definition) is 4. The van der Waals surface area contributed by atoms with Gasteiger partial charge in [0.1, 0.15) is 6.10 Å². The van der Waals surface area contributed by atoms with Gasteiger partial charge in [0.25, 0.3) is 0 Å². The first-order chi connectivity index (χ1) is 23.6. The first-order valence-electron chi connectivity index (χ1n) is 21.6. The molecule has 5 aliphatic rings. The zero-order valence-electron chi connectivity index (χ0n) is 32.9. The topological polar surface area (TPSA) is 51.0 Å². The normalized spacial score (nSPS) is 35.2. The molecular formula is C45H76N2O2. The van der Waals surface area contributed by atoms with Crippen molar-refractivity contribution in [2.75, 3.05) is 0 Å². The molecule has 0 radical (unpaired) electrons. The van der Waals surface area contributed by atoms with Crippen molar-refractivity contribution in [3.63, 3.8) is 0 Å². The molecule has 9 atom stereocenters. The molecule has 0 aromatic carbocycles. The zero-order valence-corrected chi connectivity index (χ0v) is 32.9. The number of unbranched alkanes of at least 4 members (excludes halogenated alkanes) is 8. The third-order valence-corrected chi connectivity index (χ3v) is 14.9. The summed E-state index contributed by atoms with van der Waals surface area (Å²) < 4.78 is 6.19. The lowest BCUT2D eigenvalue weighted by Crippen LogP contribution is -2.60. The molecule has 0 aromatic rings. The fraction of sp³-hybridized carbons (Fsp3) is 0.889. The highest BCUT2D eigenvalue weighted by atomic mass is 16.5. The highest BCUT2D eigenvalue weighted by Crippen LogP contribution is 2.73. The van der Waals surface area contributed by atoms with Crippen LogP contribution in [0.15, 0.2) is 34.5 Å². The average Bonchev–Trinajstić information content (AvgIpc) is 3.74. The van der Waals surface area contributed by atoms with E-state index in [1.807, 2.05) is 0 Å². The van der Waals surface area contributed by atoms with E-state index in [9.17, 15) is 4.79 Å². The molecule has 0 amide bonds. The molecule has 1 spiro atoms. The fourth-order valence-corrected chi connectivity index (χ4v) is 11.9. The summed E-state index contributed by atoms with van der Waals surface area (Å²) in [7, 11) is 0. The van der Waals surface area contributed by atoms with Gasteiger partial charge in [-0.3, -0.25) is 4.79 Å². The zero-order chi connectivity index (χ0) is 34.9. The summed E-state index contributed by atoms with van der Waals surface area (Å²) in [4.78, 5) is 12.9. The summed E-state index contributed by atoms with van der Waals surface area (Å²) in [6.07, 6.45) is 37.3. The van der Waals surface area contributed by atoms with E-state index in [1.165, 1.54) is 103 Å². The van der Waals surface area contributed by atoms with E-state index in [4.69, 9.17) is 15.0 Å². The maximum Gasteiger partial charge on any atom is 0.306 e. The highest BCUT2D eigenvalue weighted by molar-refractivity contribution is 5.69. The lowest BCUT2D eigenvalue weighted by Gasteiger charge is -2.62. The molecule has 0 bridgehead atoms. The number of carbonyl (C=O) groups is 1. The summed E-state index contributed by atoms with van der Waals surface area (Å²) in [5.41, 5.74) is 0.676. The number of ether oxygens (including phenoxy) is 1. The highest BCUT2D eigenvalue weighted by Gasteiger charge is 2.70. The summed E-state index contributed by atoms with van der Waals surface area (Å²) in [6, 6.07) is 0. The number of allylic oxidation sites excluding steroid dienone is 4. The van der Waals surface area contributed by atoms with Crippen molar-refractivity contribution < 1.29 is 9.53 Å². The van der Waals surface area contributed by atoms with Crippen LogP contribution in [0.5, 0.6) is 0 Å². The molecule has 278 valence electrons. The average molecular weight is 677 g/mol. The Morgan fingerprint density at radius 3 is 2.16 bits per heavy atom. The van der Waals surface area contributed by atoms with Crippen LogP contribution in [-0.4, -0.2) is 17.7 Å². The SMILES string of the molecule is CCCCC/C=C\C/C=C\CCCCCCCC(=O)O[C@H]1CC[C@@]2(C)[C@H](C1)CC1(N=N1)[C@@H]1[C@@H]2CC[C@]2(C)[C@@H]([C@H](C)CCCC(C)C)CC[C@@H]12. The molecule has 49 heavy (non-hydrogen) atoms. The van der Waals surface area contributed by atoms with Crippen molar-refractivity contribution in [3.8, 4) is 0 Å². The van der Waals surface area contributed by atoms with Crippen molar-refractivity contribution in [1.82, 2.24) is 0 Å². The minimum absolute atomic E-state index is 0.0384. The van der Waals surface area contributed by atoms with Crippen LogP contribution in [0.2, 0.25) is 0 Å². The van der Waals surface area contributed by atoms with Crippen molar-refractivity contribution in [3.05, 3.63) is 24.3 Å². The van der Waals surface area contributed by atoms with Crippen LogP contribution in [0.3, 0.4) is 0 Å². The van der Waals surface area contributed by atoms with E-state index in [2.05, 4.69) is 65.8 Å². The largest absolute Gasteiger partial charge is 0.462 e. The lowest BCUT2D eigenvalue weighted by atomic mass is 9.42.